The Hall–Kier alpha value is -2.96. The average Bonchev–Trinajstić information content (AvgIpc) is 2.44. The van der Waals surface area contributed by atoms with Crippen molar-refractivity contribution >= 4 is 17.4 Å². The number of halogens is 3. The summed E-state index contributed by atoms with van der Waals surface area (Å²) in [6.45, 7) is 4.41. The van der Waals surface area contributed by atoms with Crippen LogP contribution in [0.25, 0.3) is 0 Å². The molecule has 0 saturated carbocycles. The molecule has 0 radical (unpaired) electrons. The molecule has 0 saturated heterocycles. The quantitative estimate of drug-likeness (QED) is 0.268. The number of benzene rings is 1. The lowest BCUT2D eigenvalue weighted by atomic mass is 9.96. The molecule has 1 unspecified atom stereocenters. The maximum absolute atomic E-state index is 12.8. The second kappa shape index (κ2) is 6.88. The van der Waals surface area contributed by atoms with Crippen LogP contribution >= 0.6 is 0 Å². The number of esters is 1. The van der Waals surface area contributed by atoms with Crippen molar-refractivity contribution in [2.75, 3.05) is 0 Å². The van der Waals surface area contributed by atoms with Gasteiger partial charge in [-0.1, -0.05) is 0 Å². The molecule has 0 amide bonds. The van der Waals surface area contributed by atoms with Crippen LogP contribution in [-0.2, 0) is 15.7 Å². The largest absolute Gasteiger partial charge is 0.459 e. The van der Waals surface area contributed by atoms with Crippen LogP contribution in [0.5, 0.6) is 0 Å². The van der Waals surface area contributed by atoms with E-state index >= 15 is 0 Å². The summed E-state index contributed by atoms with van der Waals surface area (Å²) in [4.78, 5) is 33.8. The number of rotatable bonds is 4. The van der Waals surface area contributed by atoms with Gasteiger partial charge >= 0.3 is 12.1 Å². The molecule has 0 aliphatic rings. The molecule has 1 aromatic carbocycles. The third kappa shape index (κ3) is 5.27. The van der Waals surface area contributed by atoms with Crippen molar-refractivity contribution in [2.45, 2.75) is 32.5 Å². The van der Waals surface area contributed by atoms with Crippen molar-refractivity contribution in [2.24, 2.45) is 5.92 Å². The SMILES string of the molecule is CC(C)(C)OC(=O)C(C#N)C(=O)c1cc([N+](=O)[O-])cc(C(F)(F)F)c1. The smallest absolute Gasteiger partial charge is 0.416 e. The number of alkyl halides is 3. The molecule has 1 atom stereocenters. The van der Waals surface area contributed by atoms with Crippen LogP contribution in [0.4, 0.5) is 18.9 Å². The highest BCUT2D eigenvalue weighted by molar-refractivity contribution is 6.11. The molecule has 134 valence electrons. The second-order valence-corrected chi connectivity index (χ2v) is 5.98. The number of nitro benzene ring substituents is 1. The lowest BCUT2D eigenvalue weighted by Gasteiger charge is -2.21. The zero-order valence-corrected chi connectivity index (χ0v) is 13.4. The zero-order valence-electron chi connectivity index (χ0n) is 13.4. The van der Waals surface area contributed by atoms with Crippen LogP contribution in [0.3, 0.4) is 0 Å². The van der Waals surface area contributed by atoms with Gasteiger partial charge in [-0.15, -0.1) is 0 Å². The minimum atomic E-state index is -4.95. The average molecular weight is 358 g/mol. The number of ether oxygens (including phenoxy) is 1. The highest BCUT2D eigenvalue weighted by atomic mass is 19.4. The fourth-order valence-electron chi connectivity index (χ4n) is 1.77. The predicted molar refractivity (Wildman–Crippen MR) is 77.4 cm³/mol. The van der Waals surface area contributed by atoms with Gasteiger partial charge in [0, 0.05) is 17.7 Å². The first-order chi connectivity index (χ1) is 11.3. The van der Waals surface area contributed by atoms with Gasteiger partial charge in [0.1, 0.15) is 5.60 Å². The Morgan fingerprint density at radius 2 is 1.80 bits per heavy atom. The number of carbonyl (C=O) groups excluding carboxylic acids is 2. The summed E-state index contributed by atoms with van der Waals surface area (Å²) in [5.74, 6) is -4.60. The number of nitriles is 1. The molecular formula is C15H13F3N2O5. The van der Waals surface area contributed by atoms with Crippen LogP contribution in [0.15, 0.2) is 18.2 Å². The van der Waals surface area contributed by atoms with Gasteiger partial charge < -0.3 is 4.74 Å². The molecule has 0 bridgehead atoms. The van der Waals surface area contributed by atoms with E-state index in [-0.39, 0.29) is 6.07 Å². The van der Waals surface area contributed by atoms with Gasteiger partial charge in [-0.2, -0.15) is 18.4 Å². The Balaban J connectivity index is 3.36. The number of non-ortho nitro benzene ring substituents is 1. The Bertz CT molecular complexity index is 760. The number of nitrogens with zero attached hydrogens (tertiary/aromatic N) is 2. The van der Waals surface area contributed by atoms with Crippen molar-refractivity contribution in [3.63, 3.8) is 0 Å². The Kier molecular flexibility index (Phi) is 5.53. The summed E-state index contributed by atoms with van der Waals surface area (Å²) in [6, 6.07) is 2.54. The number of Topliss-reactive ketones (excluding diaryl/α,β-unsaturated/α-hetero) is 1. The van der Waals surface area contributed by atoms with Crippen LogP contribution in [-0.4, -0.2) is 22.3 Å². The Morgan fingerprint density at radius 3 is 2.20 bits per heavy atom. The highest BCUT2D eigenvalue weighted by Crippen LogP contribution is 2.33. The summed E-state index contributed by atoms with van der Waals surface area (Å²) in [6.07, 6.45) is -4.95. The summed E-state index contributed by atoms with van der Waals surface area (Å²) < 4.78 is 43.4. The topological polar surface area (TPSA) is 110 Å². The van der Waals surface area contributed by atoms with E-state index in [1.54, 1.807) is 0 Å². The van der Waals surface area contributed by atoms with E-state index in [2.05, 4.69) is 0 Å². The third-order valence-electron chi connectivity index (χ3n) is 2.77. The fourth-order valence-corrected chi connectivity index (χ4v) is 1.77. The molecule has 0 aliphatic heterocycles. The van der Waals surface area contributed by atoms with Gasteiger partial charge in [0.2, 0.25) is 5.92 Å². The van der Waals surface area contributed by atoms with Gasteiger partial charge in [0.15, 0.2) is 5.78 Å². The van der Waals surface area contributed by atoms with Crippen LogP contribution in [0.1, 0.15) is 36.7 Å². The molecule has 1 rings (SSSR count). The molecule has 25 heavy (non-hydrogen) atoms. The van der Waals surface area contributed by atoms with Crippen molar-refractivity contribution < 1.29 is 32.4 Å². The molecular weight excluding hydrogens is 345 g/mol. The molecule has 0 spiro atoms. The molecule has 7 nitrogen and oxygen atoms in total. The van der Waals surface area contributed by atoms with E-state index in [0.717, 1.165) is 0 Å². The van der Waals surface area contributed by atoms with Crippen molar-refractivity contribution in [1.82, 2.24) is 0 Å². The van der Waals surface area contributed by atoms with E-state index in [9.17, 15) is 32.9 Å². The first kappa shape index (κ1) is 20.1. The van der Waals surface area contributed by atoms with Gasteiger partial charge in [-0.25, -0.2) is 0 Å². The first-order valence-corrected chi connectivity index (χ1v) is 6.79. The molecule has 10 heteroatoms. The van der Waals surface area contributed by atoms with Gasteiger partial charge in [-0.05, 0) is 26.8 Å². The minimum Gasteiger partial charge on any atom is -0.459 e. The maximum atomic E-state index is 12.8. The fraction of sp³-hybridized carbons (Fsp3) is 0.400. The van der Waals surface area contributed by atoms with E-state index < -0.39 is 51.2 Å². The molecule has 1 aromatic rings. The number of hydrogen-bond donors (Lipinski definition) is 0. The van der Waals surface area contributed by atoms with Crippen molar-refractivity contribution in [3.8, 4) is 6.07 Å². The van der Waals surface area contributed by atoms with E-state index in [1.165, 1.54) is 26.8 Å². The first-order valence-electron chi connectivity index (χ1n) is 6.79. The molecule has 0 heterocycles. The van der Waals surface area contributed by atoms with Gasteiger partial charge in [0.25, 0.3) is 5.69 Å². The molecule has 0 aromatic heterocycles. The summed E-state index contributed by atoms with van der Waals surface area (Å²) in [5.41, 5.74) is -4.24. The third-order valence-corrected chi connectivity index (χ3v) is 2.77. The standard InChI is InChI=1S/C15H13F3N2O5/c1-14(2,3)25-13(22)11(7-19)12(21)8-4-9(15(16,17)18)6-10(5-8)20(23)24/h4-6,11H,1-3H3. The molecule has 0 aliphatic carbocycles. The number of carbonyl (C=O) groups is 2. The normalized spacial score (nSPS) is 12.8. The van der Waals surface area contributed by atoms with E-state index in [4.69, 9.17) is 10.00 Å². The second-order valence-electron chi connectivity index (χ2n) is 5.98. The van der Waals surface area contributed by atoms with Gasteiger partial charge in [-0.3, -0.25) is 19.7 Å². The lowest BCUT2D eigenvalue weighted by Crippen LogP contribution is -2.32. The highest BCUT2D eigenvalue weighted by Gasteiger charge is 2.36. The maximum Gasteiger partial charge on any atom is 0.416 e. The molecule has 0 N–H and O–H groups in total. The van der Waals surface area contributed by atoms with E-state index in [0.29, 0.717) is 12.1 Å². The number of ketones is 1. The number of nitro groups is 1. The zero-order chi connectivity index (χ0) is 19.6. The van der Waals surface area contributed by atoms with E-state index in [1.807, 2.05) is 0 Å². The summed E-state index contributed by atoms with van der Waals surface area (Å²) in [5, 5.41) is 19.8. The summed E-state index contributed by atoms with van der Waals surface area (Å²) in [7, 11) is 0. The van der Waals surface area contributed by atoms with Crippen LogP contribution in [0.2, 0.25) is 0 Å². The monoisotopic (exact) mass is 358 g/mol. The van der Waals surface area contributed by atoms with Crippen molar-refractivity contribution in [1.29, 1.82) is 5.26 Å². The Morgan fingerprint density at radius 1 is 1.24 bits per heavy atom. The number of hydrogen-bond acceptors (Lipinski definition) is 6. The summed E-state index contributed by atoms with van der Waals surface area (Å²) >= 11 is 0. The van der Waals surface area contributed by atoms with Crippen LogP contribution < -0.4 is 0 Å². The van der Waals surface area contributed by atoms with Gasteiger partial charge in [0.05, 0.1) is 16.6 Å². The lowest BCUT2D eigenvalue weighted by molar-refractivity contribution is -0.385. The minimum absolute atomic E-state index is 0.256. The van der Waals surface area contributed by atoms with Crippen LogP contribution in [0, 0.1) is 27.4 Å². The van der Waals surface area contributed by atoms with Crippen molar-refractivity contribution in [3.05, 3.63) is 39.4 Å². The Labute approximate surface area is 140 Å². The predicted octanol–water partition coefficient (Wildman–Crippen LogP) is 3.28. The molecule has 0 fully saturated rings.